The molecular weight excluding hydrogens is 386 g/mol. The van der Waals surface area contributed by atoms with Crippen LogP contribution < -0.4 is 10.2 Å². The lowest BCUT2D eigenvalue weighted by atomic mass is 10.1. The molecule has 1 aliphatic rings. The van der Waals surface area contributed by atoms with Crippen LogP contribution in [-0.2, 0) is 17.6 Å². The molecule has 0 radical (unpaired) electrons. The molecule has 2 aromatic rings. The van der Waals surface area contributed by atoms with Crippen molar-refractivity contribution in [3.8, 4) is 5.75 Å². The van der Waals surface area contributed by atoms with E-state index < -0.39 is 0 Å². The monoisotopic (exact) mass is 413 g/mol. The number of rotatable bonds is 8. The lowest BCUT2D eigenvalue weighted by Crippen LogP contribution is -2.34. The zero-order valence-electron chi connectivity index (χ0n) is 17.2. The van der Waals surface area contributed by atoms with Gasteiger partial charge in [-0.2, -0.15) is 5.10 Å². The first-order chi connectivity index (χ1) is 14.0. The molecule has 6 nitrogen and oxygen atoms in total. The minimum absolute atomic E-state index is 0.0228. The fourth-order valence-corrected chi connectivity index (χ4v) is 4.44. The number of carbonyl (C=O) groups excluding carboxylic acids is 2. The third-order valence-electron chi connectivity index (χ3n) is 5.05. The molecular formula is C22H27N3O3S. The number of hydrogen-bond acceptors (Lipinski definition) is 5. The number of amides is 2. The molecule has 0 spiro atoms. The summed E-state index contributed by atoms with van der Waals surface area (Å²) < 4.78 is 5.57. The van der Waals surface area contributed by atoms with E-state index in [-0.39, 0.29) is 18.4 Å². The fourth-order valence-electron chi connectivity index (χ4n) is 3.30. The van der Waals surface area contributed by atoms with Gasteiger partial charge in [0.15, 0.2) is 6.61 Å². The number of aryl methyl sites for hydroxylation is 2. The van der Waals surface area contributed by atoms with Crippen LogP contribution in [0.5, 0.6) is 5.75 Å². The van der Waals surface area contributed by atoms with Crippen molar-refractivity contribution in [3.63, 3.8) is 0 Å². The molecule has 1 aromatic heterocycles. The van der Waals surface area contributed by atoms with Crippen LogP contribution in [0.15, 0.2) is 35.4 Å². The number of fused-ring (bicyclic) bond motifs is 1. The number of benzene rings is 1. The van der Waals surface area contributed by atoms with E-state index in [1.807, 2.05) is 39.0 Å². The molecule has 29 heavy (non-hydrogen) atoms. The maximum Gasteiger partial charge on any atom is 0.281 e. The minimum Gasteiger partial charge on any atom is -0.484 e. The Hall–Kier alpha value is -2.67. The Morgan fingerprint density at radius 3 is 2.55 bits per heavy atom. The minimum atomic E-state index is -0.168. The summed E-state index contributed by atoms with van der Waals surface area (Å²) in [6.45, 7) is 7.11. The first-order valence-corrected chi connectivity index (χ1v) is 10.8. The van der Waals surface area contributed by atoms with Gasteiger partial charge in [0.25, 0.3) is 11.8 Å². The van der Waals surface area contributed by atoms with E-state index in [1.54, 1.807) is 28.4 Å². The van der Waals surface area contributed by atoms with Gasteiger partial charge in [-0.25, -0.2) is 5.43 Å². The second kappa shape index (κ2) is 9.69. The van der Waals surface area contributed by atoms with Crippen molar-refractivity contribution in [2.24, 2.45) is 5.10 Å². The van der Waals surface area contributed by atoms with Crippen molar-refractivity contribution < 1.29 is 14.3 Å². The molecule has 0 fully saturated rings. The van der Waals surface area contributed by atoms with Crippen molar-refractivity contribution in [1.82, 2.24) is 10.3 Å². The van der Waals surface area contributed by atoms with Crippen LogP contribution in [0.3, 0.4) is 0 Å². The average Bonchev–Trinajstić information content (AvgIpc) is 3.34. The van der Waals surface area contributed by atoms with E-state index in [9.17, 15) is 9.59 Å². The normalized spacial score (nSPS) is 13.1. The summed E-state index contributed by atoms with van der Waals surface area (Å²) in [5.41, 5.74) is 5.52. The fraction of sp³-hybridized carbons (Fsp3) is 0.409. The molecule has 7 heteroatoms. The molecule has 1 heterocycles. The highest BCUT2D eigenvalue weighted by Crippen LogP contribution is 2.30. The van der Waals surface area contributed by atoms with Gasteiger partial charge in [-0.15, -0.1) is 11.3 Å². The molecule has 154 valence electrons. The number of nitrogens with one attached hydrogen (secondary N) is 1. The van der Waals surface area contributed by atoms with Crippen molar-refractivity contribution in [2.75, 3.05) is 19.7 Å². The number of hydrazone groups is 1. The molecule has 0 saturated heterocycles. The second-order valence-corrected chi connectivity index (χ2v) is 8.07. The van der Waals surface area contributed by atoms with Crippen molar-refractivity contribution in [2.45, 2.75) is 40.0 Å². The van der Waals surface area contributed by atoms with E-state index in [0.717, 1.165) is 18.4 Å². The third-order valence-corrected chi connectivity index (χ3v) is 6.28. The maximum atomic E-state index is 12.3. The zero-order chi connectivity index (χ0) is 20.8. The summed E-state index contributed by atoms with van der Waals surface area (Å²) in [5, 5.41) is 4.22. The van der Waals surface area contributed by atoms with Crippen LogP contribution in [0.2, 0.25) is 0 Å². The van der Waals surface area contributed by atoms with Crippen LogP contribution >= 0.6 is 11.3 Å². The van der Waals surface area contributed by atoms with E-state index >= 15 is 0 Å². The number of thiophene rings is 1. The Balaban J connectivity index is 1.54. The topological polar surface area (TPSA) is 71.0 Å². The van der Waals surface area contributed by atoms with Gasteiger partial charge in [-0.05, 0) is 81.5 Å². The Morgan fingerprint density at radius 1 is 1.17 bits per heavy atom. The lowest BCUT2D eigenvalue weighted by molar-refractivity contribution is -0.132. The largest absolute Gasteiger partial charge is 0.484 e. The van der Waals surface area contributed by atoms with Gasteiger partial charge in [0.1, 0.15) is 5.75 Å². The van der Waals surface area contributed by atoms with Crippen LogP contribution in [-0.4, -0.2) is 42.1 Å². The smallest absolute Gasteiger partial charge is 0.281 e. The molecule has 0 bridgehead atoms. The lowest BCUT2D eigenvalue weighted by Gasteiger charge is -2.18. The van der Waals surface area contributed by atoms with Crippen LogP contribution in [0, 0.1) is 0 Å². The molecule has 1 N–H and O–H groups in total. The van der Waals surface area contributed by atoms with E-state index in [1.165, 1.54) is 16.9 Å². The van der Waals surface area contributed by atoms with E-state index in [0.29, 0.717) is 29.4 Å². The molecule has 0 saturated carbocycles. The van der Waals surface area contributed by atoms with Crippen molar-refractivity contribution in [3.05, 3.63) is 51.2 Å². The van der Waals surface area contributed by atoms with Crippen molar-refractivity contribution in [1.29, 1.82) is 0 Å². The first kappa shape index (κ1) is 21.0. The Labute approximate surface area is 175 Å². The molecule has 1 aliphatic carbocycles. The standard InChI is InChI=1S/C22H27N3O3S/c1-4-25(5-2)21(26)14-28-18-11-9-16(10-12-18)15(3)23-24-22(27)20-13-17-7-6-8-19(17)29-20/h9-13H,4-8,14H2,1-3H3,(H,24,27)/b23-15-. The second-order valence-electron chi connectivity index (χ2n) is 6.93. The summed E-state index contributed by atoms with van der Waals surface area (Å²) in [5.74, 6) is 0.428. The Kier molecular flexibility index (Phi) is 7.04. The number of likely N-dealkylation sites (N-methyl/N-ethyl adjacent to an activating group) is 1. The van der Waals surface area contributed by atoms with Gasteiger partial charge < -0.3 is 9.64 Å². The number of carbonyl (C=O) groups is 2. The summed E-state index contributed by atoms with van der Waals surface area (Å²) in [7, 11) is 0. The van der Waals surface area contributed by atoms with Gasteiger partial charge in [0.2, 0.25) is 0 Å². The van der Waals surface area contributed by atoms with Gasteiger partial charge in [0.05, 0.1) is 10.6 Å². The van der Waals surface area contributed by atoms with Crippen molar-refractivity contribution >= 4 is 28.9 Å². The summed E-state index contributed by atoms with van der Waals surface area (Å²) >= 11 is 1.56. The summed E-state index contributed by atoms with van der Waals surface area (Å²) in [4.78, 5) is 28.1. The predicted molar refractivity (Wildman–Crippen MR) is 116 cm³/mol. The highest BCUT2D eigenvalue weighted by atomic mass is 32.1. The van der Waals surface area contributed by atoms with Gasteiger partial charge >= 0.3 is 0 Å². The van der Waals surface area contributed by atoms with Gasteiger partial charge in [-0.3, -0.25) is 9.59 Å². The molecule has 1 aromatic carbocycles. The van der Waals surface area contributed by atoms with Gasteiger partial charge in [0, 0.05) is 18.0 Å². The summed E-state index contributed by atoms with van der Waals surface area (Å²) in [6, 6.07) is 9.31. The Bertz CT molecular complexity index is 877. The van der Waals surface area contributed by atoms with E-state index in [4.69, 9.17) is 4.74 Å². The van der Waals surface area contributed by atoms with Crippen LogP contribution in [0.1, 0.15) is 52.9 Å². The highest BCUT2D eigenvalue weighted by Gasteiger charge is 2.18. The summed E-state index contributed by atoms with van der Waals surface area (Å²) in [6.07, 6.45) is 3.32. The highest BCUT2D eigenvalue weighted by molar-refractivity contribution is 7.14. The third kappa shape index (κ3) is 5.23. The number of hydrogen-bond donors (Lipinski definition) is 1. The van der Waals surface area contributed by atoms with Crippen LogP contribution in [0.25, 0.3) is 0 Å². The zero-order valence-corrected chi connectivity index (χ0v) is 18.0. The first-order valence-electron chi connectivity index (χ1n) is 9.99. The molecule has 3 rings (SSSR count). The van der Waals surface area contributed by atoms with Crippen LogP contribution in [0.4, 0.5) is 0 Å². The van der Waals surface area contributed by atoms with Gasteiger partial charge in [-0.1, -0.05) is 0 Å². The quantitative estimate of drug-likeness (QED) is 0.531. The molecule has 2 amide bonds. The maximum absolute atomic E-state index is 12.3. The molecule has 0 unspecified atom stereocenters. The molecule has 0 atom stereocenters. The van der Waals surface area contributed by atoms with E-state index in [2.05, 4.69) is 10.5 Å². The molecule has 0 aliphatic heterocycles. The SMILES string of the molecule is CCN(CC)C(=O)COc1ccc(/C(C)=N\NC(=O)c2cc3c(s2)CCC3)cc1. The number of nitrogens with zero attached hydrogens (tertiary/aromatic N) is 2. The predicted octanol–water partition coefficient (Wildman–Crippen LogP) is 3.64. The number of ether oxygens (including phenoxy) is 1. The Morgan fingerprint density at radius 2 is 1.90 bits per heavy atom. The average molecular weight is 414 g/mol.